The summed E-state index contributed by atoms with van der Waals surface area (Å²) < 4.78 is 67.0. The smallest absolute Gasteiger partial charge is 0.264 e. The molecule has 1 aromatic heterocycles. The van der Waals surface area contributed by atoms with Crippen LogP contribution in [0, 0.1) is 13.8 Å². The highest BCUT2D eigenvalue weighted by Crippen LogP contribution is 2.35. The van der Waals surface area contributed by atoms with Gasteiger partial charge in [0.2, 0.25) is 11.9 Å². The Hall–Kier alpha value is -4.69. The Kier molecular flexibility index (Phi) is 8.97. The van der Waals surface area contributed by atoms with Gasteiger partial charge in [0.25, 0.3) is 20.0 Å². The van der Waals surface area contributed by atoms with Crippen LogP contribution in [0.5, 0.6) is 11.5 Å². The molecule has 0 bridgehead atoms. The Morgan fingerprint density at radius 3 is 2.14 bits per heavy atom. The number of anilines is 3. The lowest BCUT2D eigenvalue weighted by atomic mass is 10.2. The minimum atomic E-state index is -4.24. The molecular formula is C28H29N5O7S2. The minimum Gasteiger partial charge on any atom is -0.497 e. The first-order valence-corrected chi connectivity index (χ1v) is 15.4. The lowest BCUT2D eigenvalue weighted by molar-refractivity contribution is -0.114. The predicted octanol–water partition coefficient (Wildman–Crippen LogP) is 3.75. The highest BCUT2D eigenvalue weighted by atomic mass is 32.2. The molecule has 12 nitrogen and oxygen atoms in total. The summed E-state index contributed by atoms with van der Waals surface area (Å²) in [6, 6.07) is 17.8. The van der Waals surface area contributed by atoms with E-state index in [1.165, 1.54) is 62.9 Å². The summed E-state index contributed by atoms with van der Waals surface area (Å²) in [5.41, 5.74) is 1.80. The molecule has 0 aliphatic carbocycles. The fraction of sp³-hybridized carbons (Fsp3) is 0.179. The van der Waals surface area contributed by atoms with Gasteiger partial charge in [0, 0.05) is 23.6 Å². The van der Waals surface area contributed by atoms with Crippen molar-refractivity contribution in [2.24, 2.45) is 0 Å². The second-order valence-corrected chi connectivity index (χ2v) is 12.6. The molecule has 0 fully saturated rings. The molecule has 0 atom stereocenters. The van der Waals surface area contributed by atoms with E-state index in [9.17, 15) is 21.6 Å². The molecule has 0 aliphatic heterocycles. The van der Waals surface area contributed by atoms with Gasteiger partial charge in [-0.15, -0.1) is 0 Å². The number of nitrogens with one attached hydrogen (secondary N) is 2. The van der Waals surface area contributed by atoms with Crippen molar-refractivity contribution in [2.75, 3.05) is 35.1 Å². The normalized spacial score (nSPS) is 11.4. The van der Waals surface area contributed by atoms with Crippen molar-refractivity contribution in [1.82, 2.24) is 9.97 Å². The van der Waals surface area contributed by atoms with Crippen LogP contribution in [0.1, 0.15) is 11.3 Å². The number of carbonyl (C=O) groups is 1. The van der Waals surface area contributed by atoms with Crippen molar-refractivity contribution in [3.05, 3.63) is 90.3 Å². The van der Waals surface area contributed by atoms with E-state index in [-0.39, 0.29) is 32.9 Å². The van der Waals surface area contributed by atoms with Gasteiger partial charge in [-0.25, -0.2) is 31.5 Å². The number of amides is 1. The maximum absolute atomic E-state index is 13.8. The van der Waals surface area contributed by atoms with Crippen LogP contribution in [-0.4, -0.2) is 53.5 Å². The number of nitrogens with zero attached hydrogens (tertiary/aromatic N) is 3. The van der Waals surface area contributed by atoms with Gasteiger partial charge in [0.15, 0.2) is 0 Å². The van der Waals surface area contributed by atoms with Crippen molar-refractivity contribution in [3.8, 4) is 11.5 Å². The first-order chi connectivity index (χ1) is 19.9. The van der Waals surface area contributed by atoms with Crippen LogP contribution in [0.2, 0.25) is 0 Å². The third-order valence-corrected chi connectivity index (χ3v) is 9.14. The predicted molar refractivity (Wildman–Crippen MR) is 158 cm³/mol. The third kappa shape index (κ3) is 6.95. The molecule has 42 heavy (non-hydrogen) atoms. The monoisotopic (exact) mass is 611 g/mol. The Morgan fingerprint density at radius 1 is 0.857 bits per heavy atom. The number of ether oxygens (including phenoxy) is 2. The molecule has 0 saturated carbocycles. The number of hydrogen-bond donors (Lipinski definition) is 2. The van der Waals surface area contributed by atoms with Crippen LogP contribution in [0.4, 0.5) is 17.3 Å². The average molecular weight is 612 g/mol. The molecule has 1 heterocycles. The zero-order valence-corrected chi connectivity index (χ0v) is 24.9. The number of methoxy groups -OCH3 is 2. The molecule has 0 radical (unpaired) electrons. The number of aryl methyl sites for hydroxylation is 2. The number of aromatic nitrogens is 2. The molecule has 0 unspecified atom stereocenters. The first kappa shape index (κ1) is 30.3. The molecule has 0 saturated heterocycles. The molecular weight excluding hydrogens is 582 g/mol. The van der Waals surface area contributed by atoms with E-state index in [1.807, 2.05) is 6.92 Å². The maximum atomic E-state index is 13.8. The van der Waals surface area contributed by atoms with Gasteiger partial charge < -0.3 is 14.8 Å². The van der Waals surface area contributed by atoms with E-state index in [0.717, 1.165) is 9.87 Å². The van der Waals surface area contributed by atoms with E-state index in [0.29, 0.717) is 11.4 Å². The summed E-state index contributed by atoms with van der Waals surface area (Å²) in [5.74, 6) is -0.191. The number of benzene rings is 3. The van der Waals surface area contributed by atoms with Crippen molar-refractivity contribution in [1.29, 1.82) is 0 Å². The number of carbonyl (C=O) groups excluding carboxylic acids is 1. The largest absolute Gasteiger partial charge is 0.497 e. The lowest BCUT2D eigenvalue weighted by Gasteiger charge is -2.26. The van der Waals surface area contributed by atoms with E-state index in [2.05, 4.69) is 20.0 Å². The van der Waals surface area contributed by atoms with Crippen LogP contribution in [0.3, 0.4) is 0 Å². The van der Waals surface area contributed by atoms with Crippen LogP contribution in [-0.2, 0) is 24.8 Å². The number of rotatable bonds is 11. The molecule has 3 aromatic carbocycles. The van der Waals surface area contributed by atoms with Crippen LogP contribution < -0.4 is 23.8 Å². The van der Waals surface area contributed by atoms with Crippen molar-refractivity contribution in [3.63, 3.8) is 0 Å². The molecule has 0 spiro atoms. The fourth-order valence-electron chi connectivity index (χ4n) is 3.85. The Labute approximate surface area is 244 Å². The molecule has 14 heteroatoms. The van der Waals surface area contributed by atoms with Gasteiger partial charge in [0.05, 0.1) is 29.7 Å². The van der Waals surface area contributed by atoms with Crippen molar-refractivity contribution >= 4 is 43.3 Å². The quantitative estimate of drug-likeness (QED) is 0.258. The first-order valence-electron chi connectivity index (χ1n) is 12.5. The highest BCUT2D eigenvalue weighted by Gasteiger charge is 2.30. The summed E-state index contributed by atoms with van der Waals surface area (Å²) in [6.07, 6.45) is 1.43. The molecule has 220 valence electrons. The zero-order chi connectivity index (χ0) is 30.5. The second kappa shape index (κ2) is 12.4. The van der Waals surface area contributed by atoms with Gasteiger partial charge in [-0.2, -0.15) is 0 Å². The lowest BCUT2D eigenvalue weighted by Crippen LogP contribution is -2.38. The van der Waals surface area contributed by atoms with Gasteiger partial charge in [-0.1, -0.05) is 17.7 Å². The van der Waals surface area contributed by atoms with Gasteiger partial charge in [-0.3, -0.25) is 9.10 Å². The topological polar surface area (TPSA) is 157 Å². The second-order valence-electron chi connectivity index (χ2n) is 9.06. The van der Waals surface area contributed by atoms with Crippen LogP contribution in [0.25, 0.3) is 0 Å². The zero-order valence-electron chi connectivity index (χ0n) is 23.2. The maximum Gasteiger partial charge on any atom is 0.264 e. The highest BCUT2D eigenvalue weighted by molar-refractivity contribution is 7.93. The van der Waals surface area contributed by atoms with Gasteiger partial charge >= 0.3 is 0 Å². The van der Waals surface area contributed by atoms with E-state index in [4.69, 9.17) is 9.47 Å². The molecule has 4 rings (SSSR count). The third-order valence-electron chi connectivity index (χ3n) is 6.02. The number of sulfonamides is 2. The summed E-state index contributed by atoms with van der Waals surface area (Å²) in [5, 5.41) is 2.62. The van der Waals surface area contributed by atoms with Crippen LogP contribution in [0.15, 0.2) is 88.8 Å². The summed E-state index contributed by atoms with van der Waals surface area (Å²) in [6.45, 7) is 2.91. The average Bonchev–Trinajstić information content (AvgIpc) is 2.96. The Bertz CT molecular complexity index is 1800. The summed E-state index contributed by atoms with van der Waals surface area (Å²) in [4.78, 5) is 21.0. The molecule has 1 amide bonds. The fourth-order valence-corrected chi connectivity index (χ4v) is 6.23. The molecule has 4 aromatic rings. The minimum absolute atomic E-state index is 0.0228. The summed E-state index contributed by atoms with van der Waals surface area (Å²) in [7, 11) is -5.41. The standard InChI is InChI=1S/C28H29N5O7S2/c1-19-5-10-24(11-6-19)42(37,38)33(25-17-22(39-3)9-14-26(25)40-4)18-27(34)31-21-7-12-23(13-8-21)41(35,36)32-28-29-16-15-20(2)30-28/h5-17H,18H2,1-4H3,(H,31,34)(H,29,30,32). The van der Waals surface area contributed by atoms with Crippen molar-refractivity contribution in [2.45, 2.75) is 23.6 Å². The van der Waals surface area contributed by atoms with Crippen molar-refractivity contribution < 1.29 is 31.1 Å². The Morgan fingerprint density at radius 2 is 1.52 bits per heavy atom. The van der Waals surface area contributed by atoms with E-state index < -0.39 is 32.5 Å². The SMILES string of the molecule is COc1ccc(OC)c(N(CC(=O)Nc2ccc(S(=O)(=O)Nc3nccc(C)n3)cc2)S(=O)(=O)c2ccc(C)cc2)c1. The van der Waals surface area contributed by atoms with E-state index in [1.54, 1.807) is 37.3 Å². The molecule has 0 aliphatic rings. The summed E-state index contributed by atoms with van der Waals surface area (Å²) >= 11 is 0. The van der Waals surface area contributed by atoms with Crippen LogP contribution >= 0.6 is 0 Å². The van der Waals surface area contributed by atoms with E-state index >= 15 is 0 Å². The Balaban J connectivity index is 1.60. The van der Waals surface area contributed by atoms with Gasteiger partial charge in [-0.05, 0) is 68.4 Å². The molecule has 2 N–H and O–H groups in total. The number of hydrogen-bond acceptors (Lipinski definition) is 9. The van der Waals surface area contributed by atoms with Gasteiger partial charge in [0.1, 0.15) is 18.0 Å².